The van der Waals surface area contributed by atoms with Gasteiger partial charge in [-0.2, -0.15) is 0 Å². The van der Waals surface area contributed by atoms with E-state index in [4.69, 9.17) is 5.73 Å². The second-order valence-electron chi connectivity index (χ2n) is 4.17. The molecule has 20 heavy (non-hydrogen) atoms. The van der Waals surface area contributed by atoms with E-state index in [9.17, 15) is 9.59 Å². The first kappa shape index (κ1) is 13.6. The van der Waals surface area contributed by atoms with Gasteiger partial charge in [0.1, 0.15) is 0 Å². The SMILES string of the molecule is CNC(=O)c1ccccc1NC(=O)c1ccccc1N. The van der Waals surface area contributed by atoms with Crippen LogP contribution in [0.3, 0.4) is 0 Å². The minimum absolute atomic E-state index is 0.262. The number of nitrogen functional groups attached to an aromatic ring is 1. The van der Waals surface area contributed by atoms with Crippen LogP contribution >= 0.6 is 0 Å². The summed E-state index contributed by atoms with van der Waals surface area (Å²) >= 11 is 0. The summed E-state index contributed by atoms with van der Waals surface area (Å²) in [7, 11) is 1.54. The summed E-state index contributed by atoms with van der Waals surface area (Å²) < 4.78 is 0. The van der Waals surface area contributed by atoms with Gasteiger partial charge in [-0.05, 0) is 24.3 Å². The molecule has 5 heteroatoms. The van der Waals surface area contributed by atoms with Gasteiger partial charge in [0, 0.05) is 12.7 Å². The van der Waals surface area contributed by atoms with Crippen molar-refractivity contribution >= 4 is 23.2 Å². The zero-order valence-corrected chi connectivity index (χ0v) is 11.0. The molecule has 0 aliphatic heterocycles. The number of rotatable bonds is 3. The van der Waals surface area contributed by atoms with Gasteiger partial charge in [0.15, 0.2) is 0 Å². The van der Waals surface area contributed by atoms with Crippen molar-refractivity contribution < 1.29 is 9.59 Å². The number of carbonyl (C=O) groups excluding carboxylic acids is 2. The van der Waals surface area contributed by atoms with Crippen molar-refractivity contribution in [3.05, 3.63) is 59.7 Å². The molecule has 0 spiro atoms. The molecule has 4 N–H and O–H groups in total. The van der Waals surface area contributed by atoms with E-state index in [2.05, 4.69) is 10.6 Å². The lowest BCUT2D eigenvalue weighted by atomic mass is 10.1. The normalized spacial score (nSPS) is 9.85. The molecule has 0 aromatic heterocycles. The highest BCUT2D eigenvalue weighted by molar-refractivity contribution is 6.11. The fraction of sp³-hybridized carbons (Fsp3) is 0.0667. The number of anilines is 2. The van der Waals surface area contributed by atoms with Gasteiger partial charge in [-0.25, -0.2) is 0 Å². The maximum Gasteiger partial charge on any atom is 0.257 e. The van der Waals surface area contributed by atoms with Crippen molar-refractivity contribution in [2.45, 2.75) is 0 Å². The molecule has 0 aliphatic rings. The highest BCUT2D eigenvalue weighted by Crippen LogP contribution is 2.18. The largest absolute Gasteiger partial charge is 0.398 e. The Morgan fingerprint density at radius 2 is 1.50 bits per heavy atom. The Kier molecular flexibility index (Phi) is 4.00. The Labute approximate surface area is 116 Å². The summed E-state index contributed by atoms with van der Waals surface area (Å²) in [4.78, 5) is 23.9. The van der Waals surface area contributed by atoms with Gasteiger partial charge in [-0.3, -0.25) is 9.59 Å². The third kappa shape index (κ3) is 2.77. The molecule has 0 bridgehead atoms. The van der Waals surface area contributed by atoms with Crippen LogP contribution in [0.1, 0.15) is 20.7 Å². The van der Waals surface area contributed by atoms with Crippen molar-refractivity contribution in [1.29, 1.82) is 0 Å². The predicted octanol–water partition coefficient (Wildman–Crippen LogP) is 1.88. The smallest absolute Gasteiger partial charge is 0.257 e. The van der Waals surface area contributed by atoms with E-state index in [1.165, 1.54) is 7.05 Å². The molecule has 2 aromatic rings. The average Bonchev–Trinajstić information content (AvgIpc) is 2.47. The monoisotopic (exact) mass is 269 g/mol. The van der Waals surface area contributed by atoms with Crippen molar-refractivity contribution in [3.8, 4) is 0 Å². The third-order valence-electron chi connectivity index (χ3n) is 2.85. The van der Waals surface area contributed by atoms with Crippen molar-refractivity contribution in [1.82, 2.24) is 5.32 Å². The van der Waals surface area contributed by atoms with Crippen molar-refractivity contribution in [3.63, 3.8) is 0 Å². The standard InChI is InChI=1S/C15H15N3O2/c1-17-14(19)11-7-3-5-9-13(11)18-15(20)10-6-2-4-8-12(10)16/h2-9H,16H2,1H3,(H,17,19)(H,18,20). The molecular formula is C15H15N3O2. The Morgan fingerprint density at radius 1 is 0.900 bits per heavy atom. The lowest BCUT2D eigenvalue weighted by molar-refractivity contribution is 0.0964. The van der Waals surface area contributed by atoms with E-state index in [1.54, 1.807) is 48.5 Å². The molecule has 102 valence electrons. The van der Waals surface area contributed by atoms with E-state index in [-0.39, 0.29) is 11.8 Å². The second kappa shape index (κ2) is 5.88. The number of nitrogens with one attached hydrogen (secondary N) is 2. The Hall–Kier alpha value is -2.82. The number of hydrogen-bond acceptors (Lipinski definition) is 3. The van der Waals surface area contributed by atoms with Crippen LogP contribution < -0.4 is 16.4 Å². The van der Waals surface area contributed by atoms with Crippen LogP contribution in [-0.4, -0.2) is 18.9 Å². The average molecular weight is 269 g/mol. The number of carbonyl (C=O) groups is 2. The molecule has 0 unspecified atom stereocenters. The highest BCUT2D eigenvalue weighted by Gasteiger charge is 2.14. The molecule has 0 heterocycles. The molecule has 0 saturated carbocycles. The Bertz CT molecular complexity index is 653. The summed E-state index contributed by atoms with van der Waals surface area (Å²) in [6.07, 6.45) is 0. The molecule has 2 aromatic carbocycles. The van der Waals surface area contributed by atoms with Crippen LogP contribution in [0.25, 0.3) is 0 Å². The van der Waals surface area contributed by atoms with Gasteiger partial charge in [0.2, 0.25) is 0 Å². The number of benzene rings is 2. The lowest BCUT2D eigenvalue weighted by Gasteiger charge is -2.11. The van der Waals surface area contributed by atoms with Crippen molar-refractivity contribution in [2.24, 2.45) is 0 Å². The van der Waals surface area contributed by atoms with Gasteiger partial charge in [-0.1, -0.05) is 24.3 Å². The summed E-state index contributed by atoms with van der Waals surface area (Å²) in [5.41, 5.74) is 7.37. The summed E-state index contributed by atoms with van der Waals surface area (Å²) in [5, 5.41) is 5.23. The lowest BCUT2D eigenvalue weighted by Crippen LogP contribution is -2.21. The van der Waals surface area contributed by atoms with Crippen LogP contribution in [-0.2, 0) is 0 Å². The van der Waals surface area contributed by atoms with Gasteiger partial charge in [0.05, 0.1) is 16.8 Å². The van der Waals surface area contributed by atoms with Gasteiger partial charge >= 0.3 is 0 Å². The quantitative estimate of drug-likeness (QED) is 0.744. The molecule has 0 saturated heterocycles. The minimum Gasteiger partial charge on any atom is -0.398 e. The molecule has 2 rings (SSSR count). The topological polar surface area (TPSA) is 84.2 Å². The highest BCUT2D eigenvalue weighted by atomic mass is 16.2. The van der Waals surface area contributed by atoms with Crippen LogP contribution in [0.4, 0.5) is 11.4 Å². The summed E-state index contributed by atoms with van der Waals surface area (Å²) in [6, 6.07) is 13.6. The van der Waals surface area contributed by atoms with Gasteiger partial charge in [0.25, 0.3) is 11.8 Å². The number of nitrogens with two attached hydrogens (primary N) is 1. The van der Waals surface area contributed by atoms with Crippen LogP contribution in [0.15, 0.2) is 48.5 Å². The second-order valence-corrected chi connectivity index (χ2v) is 4.17. The maximum atomic E-state index is 12.2. The fourth-order valence-corrected chi connectivity index (χ4v) is 1.82. The third-order valence-corrected chi connectivity index (χ3v) is 2.85. The molecule has 2 amide bonds. The van der Waals surface area contributed by atoms with E-state index >= 15 is 0 Å². The first-order valence-electron chi connectivity index (χ1n) is 6.10. The van der Waals surface area contributed by atoms with Gasteiger partial charge < -0.3 is 16.4 Å². The predicted molar refractivity (Wildman–Crippen MR) is 78.6 cm³/mol. The van der Waals surface area contributed by atoms with Crippen LogP contribution in [0.5, 0.6) is 0 Å². The van der Waals surface area contributed by atoms with E-state index in [1.807, 2.05) is 0 Å². The first-order chi connectivity index (χ1) is 9.63. The molecule has 0 aliphatic carbocycles. The summed E-state index contributed by atoms with van der Waals surface area (Å²) in [6.45, 7) is 0. The first-order valence-corrected chi connectivity index (χ1v) is 6.10. The zero-order chi connectivity index (χ0) is 14.5. The zero-order valence-electron chi connectivity index (χ0n) is 11.0. The Morgan fingerprint density at radius 3 is 2.15 bits per heavy atom. The van der Waals surface area contributed by atoms with E-state index < -0.39 is 0 Å². The number of hydrogen-bond donors (Lipinski definition) is 3. The van der Waals surface area contributed by atoms with Crippen molar-refractivity contribution in [2.75, 3.05) is 18.1 Å². The summed E-state index contributed by atoms with van der Waals surface area (Å²) in [5.74, 6) is -0.610. The minimum atomic E-state index is -0.348. The molecule has 5 nitrogen and oxygen atoms in total. The molecule has 0 radical (unpaired) electrons. The number of para-hydroxylation sites is 2. The van der Waals surface area contributed by atoms with E-state index in [0.717, 1.165) is 0 Å². The molecular weight excluding hydrogens is 254 g/mol. The van der Waals surface area contributed by atoms with Crippen LogP contribution in [0, 0.1) is 0 Å². The van der Waals surface area contributed by atoms with E-state index in [0.29, 0.717) is 22.5 Å². The maximum absolute atomic E-state index is 12.2. The fourth-order valence-electron chi connectivity index (χ4n) is 1.82. The molecule has 0 atom stereocenters. The van der Waals surface area contributed by atoms with Gasteiger partial charge in [-0.15, -0.1) is 0 Å². The number of amides is 2. The van der Waals surface area contributed by atoms with Crippen LogP contribution in [0.2, 0.25) is 0 Å². The molecule has 0 fully saturated rings. The Balaban J connectivity index is 2.29.